The van der Waals surface area contributed by atoms with Crippen molar-refractivity contribution in [1.29, 1.82) is 0 Å². The van der Waals surface area contributed by atoms with Gasteiger partial charge in [0.15, 0.2) is 0 Å². The number of carbonyl (C=O) groups excluding carboxylic acids is 1. The molecule has 0 spiro atoms. The summed E-state index contributed by atoms with van der Waals surface area (Å²) in [5.41, 5.74) is 1.46. The van der Waals surface area contributed by atoms with Crippen molar-refractivity contribution in [2.75, 3.05) is 18.0 Å². The molecular weight excluding hydrogens is 374 g/mol. The van der Waals surface area contributed by atoms with Crippen LogP contribution in [0.5, 0.6) is 0 Å². The number of amides is 1. The van der Waals surface area contributed by atoms with Crippen LogP contribution in [0, 0.1) is 10.1 Å². The number of ether oxygens (including phenoxy) is 1. The highest BCUT2D eigenvalue weighted by Crippen LogP contribution is 2.38. The summed E-state index contributed by atoms with van der Waals surface area (Å²) >= 11 is 0. The van der Waals surface area contributed by atoms with Crippen LogP contribution in [0.4, 0.5) is 16.2 Å². The SMILES string of the molecule is CC(C)c1nc2c(N3CC[C@H](NC(=O)OC(C)(C)C)C3)c([N+](=O)[O-])ccc2n1C. The molecule has 1 amide bonds. The van der Waals surface area contributed by atoms with Crippen molar-refractivity contribution in [3.05, 3.63) is 28.1 Å². The summed E-state index contributed by atoms with van der Waals surface area (Å²) in [5, 5.41) is 14.6. The number of aromatic nitrogens is 2. The quantitative estimate of drug-likeness (QED) is 0.617. The van der Waals surface area contributed by atoms with Gasteiger partial charge in [-0.15, -0.1) is 0 Å². The number of anilines is 1. The van der Waals surface area contributed by atoms with Crippen molar-refractivity contribution in [3.63, 3.8) is 0 Å². The lowest BCUT2D eigenvalue weighted by molar-refractivity contribution is -0.384. The lowest BCUT2D eigenvalue weighted by atomic mass is 10.2. The maximum atomic E-state index is 12.1. The minimum Gasteiger partial charge on any atom is -0.444 e. The largest absolute Gasteiger partial charge is 0.444 e. The summed E-state index contributed by atoms with van der Waals surface area (Å²) in [7, 11) is 1.93. The maximum Gasteiger partial charge on any atom is 0.407 e. The van der Waals surface area contributed by atoms with E-state index in [1.807, 2.05) is 51.1 Å². The highest BCUT2D eigenvalue weighted by Gasteiger charge is 2.32. The number of nitrogens with one attached hydrogen (secondary N) is 1. The van der Waals surface area contributed by atoms with E-state index in [2.05, 4.69) is 5.32 Å². The number of alkyl carbamates (subject to hydrolysis) is 1. The standard InChI is InChI=1S/C20H29N5O4/c1-12(2)18-22-16-14(23(18)6)7-8-15(25(27)28)17(16)24-10-9-13(11-24)21-19(26)29-20(3,4)5/h7-8,12-13H,9-11H2,1-6H3,(H,21,26)/t13-/m0/s1. The molecule has 0 radical (unpaired) electrons. The Hall–Kier alpha value is -2.84. The Morgan fingerprint density at radius 3 is 2.66 bits per heavy atom. The number of aryl methyl sites for hydroxylation is 1. The van der Waals surface area contributed by atoms with Gasteiger partial charge in [-0.3, -0.25) is 10.1 Å². The van der Waals surface area contributed by atoms with Crippen LogP contribution in [0.15, 0.2) is 12.1 Å². The van der Waals surface area contributed by atoms with Crippen LogP contribution in [-0.2, 0) is 11.8 Å². The first-order valence-corrected chi connectivity index (χ1v) is 9.86. The number of hydrogen-bond donors (Lipinski definition) is 1. The molecule has 1 aromatic carbocycles. The summed E-state index contributed by atoms with van der Waals surface area (Å²) in [6, 6.07) is 3.15. The second-order valence-corrected chi connectivity index (χ2v) is 8.82. The van der Waals surface area contributed by atoms with Crippen LogP contribution in [-0.4, -0.2) is 45.3 Å². The molecule has 0 unspecified atom stereocenters. The first-order valence-electron chi connectivity index (χ1n) is 9.86. The van der Waals surface area contributed by atoms with Gasteiger partial charge in [0.2, 0.25) is 0 Å². The lowest BCUT2D eigenvalue weighted by Gasteiger charge is -2.22. The highest BCUT2D eigenvalue weighted by molar-refractivity contribution is 5.95. The van der Waals surface area contributed by atoms with Crippen LogP contribution in [0.1, 0.15) is 52.8 Å². The van der Waals surface area contributed by atoms with Gasteiger partial charge >= 0.3 is 6.09 Å². The predicted octanol–water partition coefficient (Wildman–Crippen LogP) is 3.71. The first-order chi connectivity index (χ1) is 13.5. The Bertz CT molecular complexity index is 944. The molecule has 9 nitrogen and oxygen atoms in total. The van der Waals surface area contributed by atoms with E-state index in [-0.39, 0.29) is 22.6 Å². The minimum absolute atomic E-state index is 0.0313. The zero-order valence-corrected chi connectivity index (χ0v) is 17.9. The molecule has 9 heteroatoms. The van der Waals surface area contributed by atoms with E-state index < -0.39 is 11.7 Å². The van der Waals surface area contributed by atoms with Crippen LogP contribution in [0.2, 0.25) is 0 Å². The second kappa shape index (κ2) is 7.53. The normalized spacial score (nSPS) is 17.2. The fourth-order valence-electron chi connectivity index (χ4n) is 3.78. The van der Waals surface area contributed by atoms with E-state index >= 15 is 0 Å². The third kappa shape index (κ3) is 4.28. The van der Waals surface area contributed by atoms with E-state index in [1.54, 1.807) is 6.07 Å². The van der Waals surface area contributed by atoms with Crippen molar-refractivity contribution >= 4 is 28.5 Å². The summed E-state index contributed by atoms with van der Waals surface area (Å²) < 4.78 is 7.31. The number of nitro groups is 1. The molecular formula is C20H29N5O4. The number of benzene rings is 1. The Morgan fingerprint density at radius 1 is 1.38 bits per heavy atom. The molecule has 1 fully saturated rings. The third-order valence-corrected chi connectivity index (χ3v) is 4.98. The molecule has 0 aliphatic carbocycles. The van der Waals surface area contributed by atoms with Crippen LogP contribution < -0.4 is 10.2 Å². The molecule has 1 atom stereocenters. The number of carbonyl (C=O) groups is 1. The molecule has 1 aliphatic heterocycles. The van der Waals surface area contributed by atoms with Gasteiger partial charge in [-0.2, -0.15) is 0 Å². The zero-order chi connectivity index (χ0) is 21.5. The van der Waals surface area contributed by atoms with Gasteiger partial charge in [-0.1, -0.05) is 13.8 Å². The Labute approximate surface area is 170 Å². The molecule has 3 rings (SSSR count). The summed E-state index contributed by atoms with van der Waals surface area (Å²) in [6.07, 6.45) is 0.202. The van der Waals surface area contributed by atoms with E-state index in [0.29, 0.717) is 30.7 Å². The predicted molar refractivity (Wildman–Crippen MR) is 111 cm³/mol. The van der Waals surface area contributed by atoms with Crippen molar-refractivity contribution in [2.45, 2.75) is 58.6 Å². The number of fused-ring (bicyclic) bond motifs is 1. The minimum atomic E-state index is -0.575. The number of imidazole rings is 1. The fourth-order valence-corrected chi connectivity index (χ4v) is 3.78. The monoisotopic (exact) mass is 403 g/mol. The summed E-state index contributed by atoms with van der Waals surface area (Å²) in [5.74, 6) is 1.07. The van der Waals surface area contributed by atoms with Gasteiger partial charge in [0.25, 0.3) is 5.69 Å². The number of rotatable bonds is 4. The molecule has 1 aromatic heterocycles. The molecule has 1 saturated heterocycles. The maximum absolute atomic E-state index is 12.1. The average molecular weight is 403 g/mol. The van der Waals surface area contributed by atoms with Gasteiger partial charge in [-0.05, 0) is 33.3 Å². The van der Waals surface area contributed by atoms with Crippen molar-refractivity contribution in [1.82, 2.24) is 14.9 Å². The van der Waals surface area contributed by atoms with Gasteiger partial charge in [-0.25, -0.2) is 9.78 Å². The first kappa shape index (κ1) is 20.9. The molecule has 2 aromatic rings. The van der Waals surface area contributed by atoms with Crippen molar-refractivity contribution < 1.29 is 14.5 Å². The van der Waals surface area contributed by atoms with Gasteiger partial charge < -0.3 is 19.5 Å². The number of hydrogen-bond acceptors (Lipinski definition) is 6. The van der Waals surface area contributed by atoms with E-state index in [9.17, 15) is 14.9 Å². The molecule has 2 heterocycles. The lowest BCUT2D eigenvalue weighted by Crippen LogP contribution is -2.40. The van der Waals surface area contributed by atoms with Crippen LogP contribution in [0.3, 0.4) is 0 Å². The molecule has 0 saturated carbocycles. The molecule has 158 valence electrons. The molecule has 29 heavy (non-hydrogen) atoms. The molecule has 1 aliphatic rings. The Balaban J connectivity index is 1.92. The Kier molecular flexibility index (Phi) is 5.42. The average Bonchev–Trinajstić information content (AvgIpc) is 3.17. The summed E-state index contributed by atoms with van der Waals surface area (Å²) in [4.78, 5) is 30.1. The van der Waals surface area contributed by atoms with Crippen LogP contribution in [0.25, 0.3) is 11.0 Å². The smallest absolute Gasteiger partial charge is 0.407 e. The highest BCUT2D eigenvalue weighted by atomic mass is 16.6. The topological polar surface area (TPSA) is 103 Å². The van der Waals surface area contributed by atoms with E-state index in [1.165, 1.54) is 6.07 Å². The number of nitrogens with zero attached hydrogens (tertiary/aromatic N) is 4. The van der Waals surface area contributed by atoms with E-state index in [0.717, 1.165) is 11.3 Å². The van der Waals surface area contributed by atoms with Crippen molar-refractivity contribution in [3.8, 4) is 0 Å². The van der Waals surface area contributed by atoms with Gasteiger partial charge in [0.1, 0.15) is 22.6 Å². The second-order valence-electron chi connectivity index (χ2n) is 8.82. The van der Waals surface area contributed by atoms with Gasteiger partial charge in [0, 0.05) is 32.1 Å². The van der Waals surface area contributed by atoms with Crippen LogP contribution >= 0.6 is 0 Å². The van der Waals surface area contributed by atoms with Gasteiger partial charge in [0.05, 0.1) is 16.5 Å². The van der Waals surface area contributed by atoms with E-state index in [4.69, 9.17) is 9.72 Å². The summed E-state index contributed by atoms with van der Waals surface area (Å²) in [6.45, 7) is 10.6. The number of nitro benzene ring substituents is 1. The van der Waals surface area contributed by atoms with Crippen molar-refractivity contribution in [2.24, 2.45) is 7.05 Å². The molecule has 0 bridgehead atoms. The molecule has 1 N–H and O–H groups in total. The zero-order valence-electron chi connectivity index (χ0n) is 17.9. The Morgan fingerprint density at radius 2 is 2.07 bits per heavy atom. The third-order valence-electron chi connectivity index (χ3n) is 4.98. The fraction of sp³-hybridized carbons (Fsp3) is 0.600.